The normalized spacial score (nSPS) is 19.5. The fourth-order valence-electron chi connectivity index (χ4n) is 3.60. The summed E-state index contributed by atoms with van der Waals surface area (Å²) in [7, 11) is 1.78. The summed E-state index contributed by atoms with van der Waals surface area (Å²) in [6, 6.07) is 0.196. The first-order valence-corrected chi connectivity index (χ1v) is 11.5. The van der Waals surface area contributed by atoms with Crippen LogP contribution in [0.5, 0.6) is 0 Å². The third-order valence-electron chi connectivity index (χ3n) is 5.46. The van der Waals surface area contributed by atoms with E-state index in [1.807, 2.05) is 9.80 Å². The molecule has 0 atom stereocenters. The number of piperidine rings is 2. The Morgan fingerprint density at radius 3 is 2.07 bits per heavy atom. The van der Waals surface area contributed by atoms with E-state index in [0.717, 1.165) is 89.3 Å². The van der Waals surface area contributed by atoms with E-state index in [2.05, 4.69) is 34.6 Å². The van der Waals surface area contributed by atoms with Gasteiger partial charge < -0.3 is 14.7 Å². The fourth-order valence-corrected chi connectivity index (χ4v) is 3.60. The van der Waals surface area contributed by atoms with E-state index in [9.17, 15) is 9.59 Å². The van der Waals surface area contributed by atoms with Gasteiger partial charge in [-0.25, -0.2) is 4.79 Å². The van der Waals surface area contributed by atoms with Crippen molar-refractivity contribution in [2.75, 3.05) is 33.2 Å². The van der Waals surface area contributed by atoms with Gasteiger partial charge in [-0.2, -0.15) is 0 Å². The van der Waals surface area contributed by atoms with Crippen LogP contribution in [0.2, 0.25) is 0 Å². The number of hydrogen-bond acceptors (Lipinski definition) is 3. The third kappa shape index (κ3) is 9.18. The molecule has 0 aromatic carbocycles. The summed E-state index contributed by atoms with van der Waals surface area (Å²) in [4.78, 5) is 34.3. The predicted molar refractivity (Wildman–Crippen MR) is 121 cm³/mol. The number of hydrogen-bond donors (Lipinski definition) is 0. The van der Waals surface area contributed by atoms with E-state index in [1.165, 1.54) is 6.42 Å². The Hall–Kier alpha value is -1.59. The number of amides is 3. The molecular formula is C23H44N4O2. The molecule has 168 valence electrons. The summed E-state index contributed by atoms with van der Waals surface area (Å²) in [6.45, 7) is 14.1. The van der Waals surface area contributed by atoms with Gasteiger partial charge in [0, 0.05) is 39.6 Å². The Morgan fingerprint density at radius 1 is 1.07 bits per heavy atom. The van der Waals surface area contributed by atoms with Crippen molar-refractivity contribution in [3.63, 3.8) is 0 Å². The van der Waals surface area contributed by atoms with E-state index in [-0.39, 0.29) is 11.6 Å². The van der Waals surface area contributed by atoms with Crippen LogP contribution in [0.1, 0.15) is 86.0 Å². The number of nitrogens with zero attached hydrogens (tertiary/aromatic N) is 4. The molecule has 0 aliphatic carbocycles. The maximum atomic E-state index is 12.6. The summed E-state index contributed by atoms with van der Waals surface area (Å²) in [5, 5.41) is 0. The van der Waals surface area contributed by atoms with Gasteiger partial charge in [0.2, 0.25) is 6.41 Å². The number of urea groups is 1. The van der Waals surface area contributed by atoms with Crippen molar-refractivity contribution in [1.82, 2.24) is 14.7 Å². The van der Waals surface area contributed by atoms with Gasteiger partial charge in [0.15, 0.2) is 0 Å². The van der Waals surface area contributed by atoms with Gasteiger partial charge in [-0.15, -0.1) is 0 Å². The van der Waals surface area contributed by atoms with Crippen molar-refractivity contribution in [3.8, 4) is 0 Å². The lowest BCUT2D eigenvalue weighted by Crippen LogP contribution is -2.51. The summed E-state index contributed by atoms with van der Waals surface area (Å²) in [5.41, 5.74) is -0.182. The van der Waals surface area contributed by atoms with Gasteiger partial charge >= 0.3 is 6.03 Å². The molecule has 29 heavy (non-hydrogen) atoms. The maximum Gasteiger partial charge on any atom is 0.320 e. The quantitative estimate of drug-likeness (QED) is 0.373. The van der Waals surface area contributed by atoms with Gasteiger partial charge in [-0.3, -0.25) is 9.79 Å². The number of likely N-dealkylation sites (tertiary alicyclic amines) is 2. The maximum absolute atomic E-state index is 12.6. The number of aliphatic imine (C=N–C) groups is 1. The van der Waals surface area contributed by atoms with Gasteiger partial charge in [-0.05, 0) is 51.4 Å². The zero-order valence-corrected chi connectivity index (χ0v) is 19.7. The van der Waals surface area contributed by atoms with E-state index >= 15 is 0 Å². The lowest BCUT2D eigenvalue weighted by Gasteiger charge is -2.40. The topological polar surface area (TPSA) is 56.2 Å². The van der Waals surface area contributed by atoms with Crippen LogP contribution < -0.4 is 0 Å². The molecule has 2 saturated heterocycles. The van der Waals surface area contributed by atoms with Crippen LogP contribution in [0.3, 0.4) is 0 Å². The zero-order valence-electron chi connectivity index (χ0n) is 19.7. The van der Waals surface area contributed by atoms with Crippen LogP contribution in [0.4, 0.5) is 4.79 Å². The van der Waals surface area contributed by atoms with Crippen molar-refractivity contribution in [2.24, 2.45) is 10.9 Å². The highest BCUT2D eigenvalue weighted by molar-refractivity contribution is 5.90. The minimum Gasteiger partial charge on any atom is -0.325 e. The van der Waals surface area contributed by atoms with Gasteiger partial charge in [0.25, 0.3) is 0 Å². The highest BCUT2D eigenvalue weighted by Crippen LogP contribution is 2.28. The first-order chi connectivity index (χ1) is 13.7. The molecule has 3 amide bonds. The monoisotopic (exact) mass is 408 g/mol. The molecule has 0 unspecified atom stereocenters. The van der Waals surface area contributed by atoms with Crippen molar-refractivity contribution in [2.45, 2.75) is 91.5 Å². The van der Waals surface area contributed by atoms with Crippen LogP contribution in [0.15, 0.2) is 4.99 Å². The first-order valence-electron chi connectivity index (χ1n) is 11.5. The molecule has 2 aliphatic heterocycles. The van der Waals surface area contributed by atoms with E-state index < -0.39 is 0 Å². The van der Waals surface area contributed by atoms with Crippen LogP contribution in [0, 0.1) is 5.92 Å². The van der Waals surface area contributed by atoms with Crippen LogP contribution in [-0.2, 0) is 4.79 Å². The molecule has 2 rings (SSSR count). The average Bonchev–Trinajstić information content (AvgIpc) is 2.71. The number of unbranched alkanes of at least 4 members (excludes halogenated alkanes) is 1. The summed E-state index contributed by atoms with van der Waals surface area (Å²) >= 11 is 0. The van der Waals surface area contributed by atoms with Crippen LogP contribution >= 0.6 is 0 Å². The van der Waals surface area contributed by atoms with Crippen molar-refractivity contribution in [1.29, 1.82) is 0 Å². The molecule has 0 N–H and O–H groups in total. The highest BCUT2D eigenvalue weighted by atomic mass is 16.2. The minimum absolute atomic E-state index is 0.182. The number of carbonyl (C=O) groups excluding carboxylic acids is 2. The Balaban J connectivity index is 0.000000960. The second-order valence-electron chi connectivity index (χ2n) is 9.39. The van der Waals surface area contributed by atoms with Gasteiger partial charge in [-0.1, -0.05) is 34.1 Å². The largest absolute Gasteiger partial charge is 0.325 e. The summed E-state index contributed by atoms with van der Waals surface area (Å²) in [6.07, 6.45) is 8.99. The molecule has 2 fully saturated rings. The van der Waals surface area contributed by atoms with E-state index in [4.69, 9.17) is 4.99 Å². The fraction of sp³-hybridized carbons (Fsp3) is 0.870. The summed E-state index contributed by atoms with van der Waals surface area (Å²) < 4.78 is 0. The molecule has 0 saturated carbocycles. The molecule has 0 aromatic heterocycles. The Labute approximate surface area is 178 Å². The molecule has 0 spiro atoms. The zero-order chi connectivity index (χ0) is 21.9. The lowest BCUT2D eigenvalue weighted by atomic mass is 9.90. The van der Waals surface area contributed by atoms with Crippen molar-refractivity contribution < 1.29 is 9.59 Å². The second-order valence-corrected chi connectivity index (χ2v) is 9.39. The standard InChI is InChI=1S/C19H34N4O2.C4H10/c1-4-5-9-17(21(3)16-24)20-19(2)10-14-23(15-11-19)18(25)22-12-7-6-8-13-22;1-4(2)3/h16H,4-15H2,1-3H3;4H,1-3H3. The average molecular weight is 409 g/mol. The third-order valence-corrected chi connectivity index (χ3v) is 5.46. The molecule has 2 aliphatic rings. The Morgan fingerprint density at radius 2 is 1.59 bits per heavy atom. The van der Waals surface area contributed by atoms with Gasteiger partial charge in [0.05, 0.1) is 5.54 Å². The molecule has 6 nitrogen and oxygen atoms in total. The molecule has 0 bridgehead atoms. The summed E-state index contributed by atoms with van der Waals surface area (Å²) in [5.74, 6) is 1.70. The molecule has 6 heteroatoms. The molecule has 2 heterocycles. The Kier molecular flexibility index (Phi) is 11.3. The molecule has 0 aromatic rings. The smallest absolute Gasteiger partial charge is 0.320 e. The Bertz CT molecular complexity index is 516. The van der Waals surface area contributed by atoms with Crippen LogP contribution in [-0.4, -0.2) is 71.7 Å². The van der Waals surface area contributed by atoms with Crippen LogP contribution in [0.25, 0.3) is 0 Å². The molecule has 0 radical (unpaired) electrons. The van der Waals surface area contributed by atoms with Gasteiger partial charge in [0.1, 0.15) is 5.84 Å². The minimum atomic E-state index is -0.182. The SMILES string of the molecule is CC(C)C.CCCCC(=NC1(C)CCN(C(=O)N2CCCCC2)CC1)N(C)C=O. The number of rotatable bonds is 5. The number of amidine groups is 1. The molecular weight excluding hydrogens is 364 g/mol. The first kappa shape index (κ1) is 25.4. The second kappa shape index (κ2) is 12.9. The van der Waals surface area contributed by atoms with E-state index in [1.54, 1.807) is 11.9 Å². The van der Waals surface area contributed by atoms with E-state index in [0.29, 0.717) is 0 Å². The van der Waals surface area contributed by atoms with Crippen molar-refractivity contribution >= 4 is 18.3 Å². The predicted octanol–water partition coefficient (Wildman–Crippen LogP) is 4.79. The number of carbonyl (C=O) groups is 2. The lowest BCUT2D eigenvalue weighted by molar-refractivity contribution is -0.114. The van der Waals surface area contributed by atoms with Crippen molar-refractivity contribution in [3.05, 3.63) is 0 Å². The highest BCUT2D eigenvalue weighted by Gasteiger charge is 2.34.